The van der Waals surface area contributed by atoms with Crippen LogP contribution >= 0.6 is 0 Å². The van der Waals surface area contributed by atoms with Crippen molar-refractivity contribution in [3.63, 3.8) is 0 Å². The van der Waals surface area contributed by atoms with Crippen LogP contribution in [0.3, 0.4) is 0 Å². The second-order valence-electron chi connectivity index (χ2n) is 2.83. The van der Waals surface area contributed by atoms with E-state index < -0.39 is 0 Å². The number of hydrogen-bond donors (Lipinski definition) is 2. The number of amides is 1. The molecule has 0 bridgehead atoms. The van der Waals surface area contributed by atoms with Gasteiger partial charge in [-0.15, -0.1) is 0 Å². The first kappa shape index (κ1) is 10.2. The van der Waals surface area contributed by atoms with Gasteiger partial charge in [0.25, 0.3) is 0 Å². The van der Waals surface area contributed by atoms with Crippen LogP contribution in [0.4, 0.5) is 5.82 Å². The zero-order valence-corrected chi connectivity index (χ0v) is 8.19. The van der Waals surface area contributed by atoms with Crippen molar-refractivity contribution in [1.82, 2.24) is 9.55 Å². The molecule has 0 unspecified atom stereocenters. The molecule has 3 N–H and O–H groups in total. The molecule has 0 spiro atoms. The predicted octanol–water partition coefficient (Wildman–Crippen LogP) is -0.313. The largest absolute Gasteiger partial charge is 0.382 e. The number of carbonyl (C=O) groups is 1. The third kappa shape index (κ3) is 1.59. The molecule has 0 atom stereocenters. The summed E-state index contributed by atoms with van der Waals surface area (Å²) in [5.74, 6) is 0.413. The van der Waals surface area contributed by atoms with Crippen LogP contribution in [0.25, 0.3) is 0 Å². The second kappa shape index (κ2) is 3.91. The third-order valence-electron chi connectivity index (χ3n) is 1.90. The van der Waals surface area contributed by atoms with Gasteiger partial charge in [0.05, 0.1) is 6.33 Å². The van der Waals surface area contributed by atoms with Gasteiger partial charge in [0, 0.05) is 13.6 Å². The highest BCUT2D eigenvalue weighted by molar-refractivity contribution is 5.99. The van der Waals surface area contributed by atoms with Crippen molar-refractivity contribution in [2.45, 2.75) is 6.92 Å². The zero-order chi connectivity index (χ0) is 10.7. The molecule has 6 nitrogen and oxygen atoms in total. The Kier molecular flexibility index (Phi) is 2.85. The Bertz CT molecular complexity index is 357. The van der Waals surface area contributed by atoms with E-state index in [2.05, 4.69) is 4.98 Å². The molecule has 0 fully saturated rings. The summed E-state index contributed by atoms with van der Waals surface area (Å²) in [5.41, 5.74) is 5.67. The van der Waals surface area contributed by atoms with E-state index in [1.807, 2.05) is 6.92 Å². The molecule has 0 aliphatic rings. The summed E-state index contributed by atoms with van der Waals surface area (Å²) in [6, 6.07) is 0. The molecule has 0 saturated heterocycles. The van der Waals surface area contributed by atoms with Gasteiger partial charge in [-0.2, -0.15) is 0 Å². The van der Waals surface area contributed by atoms with Gasteiger partial charge >= 0.3 is 0 Å². The highest BCUT2D eigenvalue weighted by Crippen LogP contribution is 2.16. The summed E-state index contributed by atoms with van der Waals surface area (Å²) in [7, 11) is 1.75. The standard InChI is InChI=1S/C8H13N5O/c1-3-13(5-14)8-6(7(9)10)11-4-12(8)2/h4-5H,3H2,1-2H3,(H3,9,10). The lowest BCUT2D eigenvalue weighted by molar-refractivity contribution is -0.107. The highest BCUT2D eigenvalue weighted by Gasteiger charge is 2.16. The van der Waals surface area contributed by atoms with E-state index >= 15 is 0 Å². The van der Waals surface area contributed by atoms with Crippen LogP contribution < -0.4 is 10.6 Å². The molecule has 0 radical (unpaired) electrons. The molecule has 76 valence electrons. The number of nitrogens with zero attached hydrogens (tertiary/aromatic N) is 3. The molecule has 14 heavy (non-hydrogen) atoms. The number of amidine groups is 1. The number of aromatic nitrogens is 2. The van der Waals surface area contributed by atoms with E-state index in [0.29, 0.717) is 24.5 Å². The van der Waals surface area contributed by atoms with Crippen LogP contribution in [0.15, 0.2) is 6.33 Å². The average molecular weight is 195 g/mol. The van der Waals surface area contributed by atoms with Crippen molar-refractivity contribution < 1.29 is 4.79 Å². The molecule has 1 amide bonds. The van der Waals surface area contributed by atoms with Crippen molar-refractivity contribution in [3.05, 3.63) is 12.0 Å². The lowest BCUT2D eigenvalue weighted by Gasteiger charge is -2.16. The first-order valence-electron chi connectivity index (χ1n) is 4.19. The number of hydrogen-bond acceptors (Lipinski definition) is 3. The van der Waals surface area contributed by atoms with Crippen molar-refractivity contribution >= 4 is 18.1 Å². The monoisotopic (exact) mass is 195 g/mol. The smallest absolute Gasteiger partial charge is 0.215 e. The topological polar surface area (TPSA) is 88.0 Å². The molecule has 1 aromatic heterocycles. The van der Waals surface area contributed by atoms with Gasteiger partial charge in [0.15, 0.2) is 0 Å². The number of rotatable bonds is 4. The lowest BCUT2D eigenvalue weighted by Crippen LogP contribution is -2.26. The highest BCUT2D eigenvalue weighted by atomic mass is 16.1. The number of nitrogen functional groups attached to an aromatic ring is 1. The molecular formula is C8H13N5O. The maximum atomic E-state index is 10.7. The second-order valence-corrected chi connectivity index (χ2v) is 2.83. The molecule has 0 aromatic carbocycles. The van der Waals surface area contributed by atoms with Crippen LogP contribution in [0.2, 0.25) is 0 Å². The Hall–Kier alpha value is -1.85. The number of nitrogens with one attached hydrogen (secondary N) is 1. The van der Waals surface area contributed by atoms with Crippen molar-refractivity contribution in [3.8, 4) is 0 Å². The van der Waals surface area contributed by atoms with E-state index in [1.165, 1.54) is 11.2 Å². The van der Waals surface area contributed by atoms with Gasteiger partial charge in [-0.05, 0) is 6.92 Å². The SMILES string of the molecule is CCN(C=O)c1c(C(=N)N)ncn1C. The van der Waals surface area contributed by atoms with Gasteiger partial charge < -0.3 is 10.3 Å². The number of nitrogens with two attached hydrogens (primary N) is 1. The van der Waals surface area contributed by atoms with Gasteiger partial charge in [-0.3, -0.25) is 15.1 Å². The van der Waals surface area contributed by atoms with Crippen molar-refractivity contribution in [2.75, 3.05) is 11.4 Å². The summed E-state index contributed by atoms with van der Waals surface area (Å²) in [4.78, 5) is 16.1. The summed E-state index contributed by atoms with van der Waals surface area (Å²) < 4.78 is 1.66. The first-order valence-corrected chi connectivity index (χ1v) is 4.19. The summed E-state index contributed by atoms with van der Waals surface area (Å²) >= 11 is 0. The third-order valence-corrected chi connectivity index (χ3v) is 1.90. The minimum absolute atomic E-state index is 0.138. The number of aryl methyl sites for hydroxylation is 1. The zero-order valence-electron chi connectivity index (χ0n) is 8.19. The van der Waals surface area contributed by atoms with E-state index in [4.69, 9.17) is 11.1 Å². The van der Waals surface area contributed by atoms with Crippen molar-refractivity contribution in [1.29, 1.82) is 5.41 Å². The van der Waals surface area contributed by atoms with Crippen LogP contribution in [-0.4, -0.2) is 28.3 Å². The molecule has 1 heterocycles. The molecule has 6 heteroatoms. The Balaban J connectivity index is 3.22. The fraction of sp³-hybridized carbons (Fsp3) is 0.375. The van der Waals surface area contributed by atoms with Crippen LogP contribution in [0.1, 0.15) is 12.6 Å². The Morgan fingerprint density at radius 2 is 2.50 bits per heavy atom. The van der Waals surface area contributed by atoms with Crippen LogP contribution in [0, 0.1) is 5.41 Å². The number of imidazole rings is 1. The lowest BCUT2D eigenvalue weighted by atomic mass is 10.3. The fourth-order valence-electron chi connectivity index (χ4n) is 1.23. The predicted molar refractivity (Wildman–Crippen MR) is 53.3 cm³/mol. The summed E-state index contributed by atoms with van der Waals surface area (Å²) in [6.07, 6.45) is 2.22. The minimum Gasteiger partial charge on any atom is -0.382 e. The van der Waals surface area contributed by atoms with Crippen molar-refractivity contribution in [2.24, 2.45) is 12.8 Å². The maximum absolute atomic E-state index is 10.7. The molecule has 0 saturated carbocycles. The molecule has 0 aliphatic carbocycles. The minimum atomic E-state index is -0.138. The first-order chi connectivity index (χ1) is 6.61. The van der Waals surface area contributed by atoms with Crippen LogP contribution in [0.5, 0.6) is 0 Å². The number of anilines is 1. The van der Waals surface area contributed by atoms with Gasteiger partial charge in [0.1, 0.15) is 17.3 Å². The Morgan fingerprint density at radius 3 is 2.93 bits per heavy atom. The average Bonchev–Trinajstić information content (AvgIpc) is 2.51. The van der Waals surface area contributed by atoms with Gasteiger partial charge in [-0.25, -0.2) is 4.98 Å². The van der Waals surface area contributed by atoms with E-state index in [0.717, 1.165) is 0 Å². The molecule has 0 aliphatic heterocycles. The Morgan fingerprint density at radius 1 is 1.86 bits per heavy atom. The quantitative estimate of drug-likeness (QED) is 0.392. The number of carbonyl (C=O) groups excluding carboxylic acids is 1. The maximum Gasteiger partial charge on any atom is 0.215 e. The summed E-state index contributed by atoms with van der Waals surface area (Å²) in [6.45, 7) is 2.36. The fourth-order valence-corrected chi connectivity index (χ4v) is 1.23. The van der Waals surface area contributed by atoms with Gasteiger partial charge in [-0.1, -0.05) is 0 Å². The summed E-state index contributed by atoms with van der Waals surface area (Å²) in [5, 5.41) is 7.29. The van der Waals surface area contributed by atoms with Crippen LogP contribution in [-0.2, 0) is 11.8 Å². The van der Waals surface area contributed by atoms with Gasteiger partial charge in [0.2, 0.25) is 6.41 Å². The normalized spacial score (nSPS) is 9.86. The Labute approximate surface area is 81.8 Å². The molecule has 1 aromatic rings. The molecular weight excluding hydrogens is 182 g/mol. The van der Waals surface area contributed by atoms with E-state index in [1.54, 1.807) is 11.6 Å². The van der Waals surface area contributed by atoms with E-state index in [9.17, 15) is 4.79 Å². The van der Waals surface area contributed by atoms with E-state index in [-0.39, 0.29) is 5.84 Å². The molecule has 1 rings (SSSR count).